The molecular formula is C10H19AlO7. The Bertz CT molecular complexity index is 152. The Hall–Kier alpha value is -1.10. The van der Waals surface area contributed by atoms with Crippen LogP contribution >= 0.6 is 0 Å². The molecule has 0 saturated heterocycles. The van der Waals surface area contributed by atoms with Crippen LogP contribution in [-0.4, -0.2) is 48.5 Å². The van der Waals surface area contributed by atoms with Crippen molar-refractivity contribution in [1.82, 2.24) is 0 Å². The van der Waals surface area contributed by atoms with Crippen LogP contribution in [-0.2, 0) is 19.1 Å². The molecule has 0 aliphatic rings. The van der Waals surface area contributed by atoms with Crippen LogP contribution in [0.15, 0.2) is 0 Å². The molecule has 0 aliphatic heterocycles. The first-order chi connectivity index (χ1) is 7.61. The molecule has 0 aromatic rings. The van der Waals surface area contributed by atoms with E-state index in [9.17, 15) is 0 Å². The number of carbonyl (C=O) groups is 3. The van der Waals surface area contributed by atoms with Crippen LogP contribution in [0.2, 0.25) is 0 Å². The molecule has 0 radical (unpaired) electrons. The Kier molecular flexibility index (Phi) is 49.8. The maximum atomic E-state index is 8.89. The summed E-state index contributed by atoms with van der Waals surface area (Å²) in [6, 6.07) is 0. The number of hydrogen-bond donors (Lipinski definition) is 0. The molecule has 0 amide bonds. The third-order valence-electron chi connectivity index (χ3n) is 0.408. The van der Waals surface area contributed by atoms with Crippen molar-refractivity contribution in [3.63, 3.8) is 0 Å². The fourth-order valence-electron chi connectivity index (χ4n) is 0.204. The summed E-state index contributed by atoms with van der Waals surface area (Å²) in [7, 11) is 0. The molecule has 0 fully saturated rings. The second kappa shape index (κ2) is 29.7. The summed E-state index contributed by atoms with van der Waals surface area (Å²) < 4.78 is 4.83. The average molecular weight is 278 g/mol. The summed E-state index contributed by atoms with van der Waals surface area (Å²) in [5, 5.41) is 26.7. The van der Waals surface area contributed by atoms with Gasteiger partial charge >= 0.3 is 17.4 Å². The van der Waals surface area contributed by atoms with Crippen molar-refractivity contribution in [3.05, 3.63) is 0 Å². The second-order valence-corrected chi connectivity index (χ2v) is 2.26. The predicted molar refractivity (Wildman–Crippen MR) is 60.0 cm³/mol. The molecule has 0 N–H and O–H groups in total. The van der Waals surface area contributed by atoms with E-state index >= 15 is 0 Å². The quantitative estimate of drug-likeness (QED) is 0.490. The molecule has 0 rings (SSSR count). The average Bonchev–Trinajstić information content (AvgIpc) is 2.01. The van der Waals surface area contributed by atoms with Gasteiger partial charge in [0.15, 0.2) is 0 Å². The van der Waals surface area contributed by atoms with Crippen molar-refractivity contribution in [2.24, 2.45) is 0 Å². The van der Waals surface area contributed by atoms with Gasteiger partial charge in [-0.15, -0.1) is 0 Å². The van der Waals surface area contributed by atoms with Crippen molar-refractivity contribution in [2.75, 3.05) is 13.2 Å². The Morgan fingerprint density at radius 2 is 0.889 bits per heavy atom. The molecule has 0 saturated carbocycles. The molecule has 0 spiro atoms. The van der Waals surface area contributed by atoms with E-state index in [0.717, 1.165) is 34.0 Å². The largest absolute Gasteiger partial charge is 3.00 e. The van der Waals surface area contributed by atoms with Gasteiger partial charge in [0.2, 0.25) is 0 Å². The summed E-state index contributed by atoms with van der Waals surface area (Å²) in [6.45, 7) is 8.58. The number of hydrogen-bond acceptors (Lipinski definition) is 7. The molecule has 0 aliphatic carbocycles. The third kappa shape index (κ3) is 3540. The van der Waals surface area contributed by atoms with Crippen LogP contribution in [0, 0.1) is 0 Å². The van der Waals surface area contributed by atoms with Crippen molar-refractivity contribution in [2.45, 2.75) is 34.6 Å². The Labute approximate surface area is 118 Å². The van der Waals surface area contributed by atoms with Crippen LogP contribution in [0.1, 0.15) is 34.6 Å². The number of carboxylic acids is 3. The summed E-state index contributed by atoms with van der Waals surface area (Å²) in [5.74, 6) is -3.25. The van der Waals surface area contributed by atoms with E-state index in [1.165, 1.54) is 0 Å². The van der Waals surface area contributed by atoms with E-state index in [4.69, 9.17) is 34.4 Å². The topological polar surface area (TPSA) is 130 Å². The second-order valence-electron chi connectivity index (χ2n) is 2.26. The van der Waals surface area contributed by atoms with Crippen LogP contribution in [0.4, 0.5) is 0 Å². The van der Waals surface area contributed by atoms with Gasteiger partial charge in [0, 0.05) is 31.1 Å². The molecule has 18 heavy (non-hydrogen) atoms. The van der Waals surface area contributed by atoms with Crippen molar-refractivity contribution >= 4 is 35.3 Å². The van der Waals surface area contributed by atoms with E-state index in [1.54, 1.807) is 0 Å². The molecular weight excluding hydrogens is 259 g/mol. The Morgan fingerprint density at radius 1 is 0.778 bits per heavy atom. The first-order valence-electron chi connectivity index (χ1n) is 4.72. The maximum Gasteiger partial charge on any atom is 3.00 e. The van der Waals surface area contributed by atoms with Gasteiger partial charge in [-0.3, -0.25) is 0 Å². The summed E-state index contributed by atoms with van der Waals surface area (Å²) >= 11 is 0. The fraction of sp³-hybridized carbons (Fsp3) is 0.700. The van der Waals surface area contributed by atoms with Gasteiger partial charge in [-0.05, 0) is 34.6 Å². The number of ether oxygens (including phenoxy) is 1. The van der Waals surface area contributed by atoms with Gasteiger partial charge in [0.05, 0.1) is 0 Å². The van der Waals surface area contributed by atoms with Crippen LogP contribution < -0.4 is 15.3 Å². The monoisotopic (exact) mass is 278 g/mol. The minimum atomic E-state index is -1.08. The van der Waals surface area contributed by atoms with E-state index in [1.807, 2.05) is 13.8 Å². The summed E-state index contributed by atoms with van der Waals surface area (Å²) in [5.41, 5.74) is 0. The first-order valence-corrected chi connectivity index (χ1v) is 4.72. The van der Waals surface area contributed by atoms with Gasteiger partial charge in [-0.1, -0.05) is 0 Å². The predicted octanol–water partition coefficient (Wildman–Crippen LogP) is -3.07. The van der Waals surface area contributed by atoms with E-state index in [-0.39, 0.29) is 17.4 Å². The SMILES string of the molecule is CC(=O)[O-].CC(=O)[O-].CC(=O)[O-].CCOCC.[Al+3]. The number of carbonyl (C=O) groups excluding carboxylic acids is 3. The van der Waals surface area contributed by atoms with Crippen LogP contribution in [0.5, 0.6) is 0 Å². The minimum absolute atomic E-state index is 0. The minimum Gasteiger partial charge on any atom is -0.550 e. The zero-order chi connectivity index (χ0) is 14.9. The van der Waals surface area contributed by atoms with Gasteiger partial charge in [-0.2, -0.15) is 0 Å². The van der Waals surface area contributed by atoms with Crippen molar-refractivity contribution < 1.29 is 34.4 Å². The molecule has 0 heterocycles. The third-order valence-corrected chi connectivity index (χ3v) is 0.408. The summed E-state index contributed by atoms with van der Waals surface area (Å²) in [4.78, 5) is 26.7. The normalized spacial score (nSPS) is 6.50. The van der Waals surface area contributed by atoms with Crippen molar-refractivity contribution in [3.8, 4) is 0 Å². The molecule has 0 aromatic carbocycles. The zero-order valence-corrected chi connectivity index (χ0v) is 12.5. The molecule has 0 unspecified atom stereocenters. The number of rotatable bonds is 2. The van der Waals surface area contributed by atoms with Gasteiger partial charge in [0.25, 0.3) is 0 Å². The molecule has 0 aromatic heterocycles. The van der Waals surface area contributed by atoms with Gasteiger partial charge in [0.1, 0.15) is 0 Å². The van der Waals surface area contributed by atoms with Crippen molar-refractivity contribution in [1.29, 1.82) is 0 Å². The molecule has 8 heteroatoms. The Morgan fingerprint density at radius 3 is 0.889 bits per heavy atom. The smallest absolute Gasteiger partial charge is 0.550 e. The fourth-order valence-corrected chi connectivity index (χ4v) is 0.204. The van der Waals surface area contributed by atoms with E-state index < -0.39 is 17.9 Å². The standard InChI is InChI=1S/C4H10O.3C2H4O2.Al/c1-3-5-4-2;3*1-2(3)4;/h3-4H2,1-2H3;3*1H3,(H,3,4);/q;;;;+3/p-3. The molecule has 104 valence electrons. The summed E-state index contributed by atoms with van der Waals surface area (Å²) in [6.07, 6.45) is 0. The van der Waals surface area contributed by atoms with Gasteiger partial charge < -0.3 is 34.4 Å². The first kappa shape index (κ1) is 30.2. The van der Waals surface area contributed by atoms with Crippen LogP contribution in [0.3, 0.4) is 0 Å². The molecule has 0 atom stereocenters. The maximum absolute atomic E-state index is 8.89. The molecule has 7 nitrogen and oxygen atoms in total. The van der Waals surface area contributed by atoms with E-state index in [0.29, 0.717) is 0 Å². The zero-order valence-electron chi connectivity index (χ0n) is 11.3. The number of aliphatic carboxylic acids is 3. The van der Waals surface area contributed by atoms with E-state index in [2.05, 4.69) is 0 Å². The molecule has 0 bridgehead atoms. The Balaban J connectivity index is -0.0000000412. The van der Waals surface area contributed by atoms with Crippen LogP contribution in [0.25, 0.3) is 0 Å². The van der Waals surface area contributed by atoms with Gasteiger partial charge in [-0.25, -0.2) is 0 Å². The number of carboxylic acid groups (broad SMARTS) is 3.